The molecule has 0 aromatic carbocycles. The molecule has 0 unspecified atom stereocenters. The molecule has 0 aliphatic heterocycles. The van der Waals surface area contributed by atoms with Crippen molar-refractivity contribution in [2.24, 2.45) is 0 Å². The second-order valence-electron chi connectivity index (χ2n) is 6.82. The van der Waals surface area contributed by atoms with Gasteiger partial charge in [-0.2, -0.15) is 0 Å². The summed E-state index contributed by atoms with van der Waals surface area (Å²) in [7, 11) is -8.58. The molecular weight excluding hydrogens is 461 g/mol. The first-order valence-electron chi connectivity index (χ1n) is 10.3. The third-order valence-corrected chi connectivity index (χ3v) is 10.2. The summed E-state index contributed by atoms with van der Waals surface area (Å²) in [6, 6.07) is 0. The summed E-state index contributed by atoms with van der Waals surface area (Å²) in [6.45, 7) is 11.4. The van der Waals surface area contributed by atoms with Crippen molar-refractivity contribution in [2.45, 2.75) is 80.1 Å². The van der Waals surface area contributed by atoms with Crippen LogP contribution < -0.4 is 9.79 Å². The second-order valence-corrected chi connectivity index (χ2v) is 14.5. The quantitative estimate of drug-likeness (QED) is 0.297. The van der Waals surface area contributed by atoms with Crippen molar-refractivity contribution < 1.29 is 45.4 Å². The van der Waals surface area contributed by atoms with Gasteiger partial charge >= 0.3 is 17.1 Å². The van der Waals surface area contributed by atoms with Crippen LogP contribution in [0.4, 0.5) is 0 Å². The molecule has 28 heavy (non-hydrogen) atoms. The van der Waals surface area contributed by atoms with E-state index in [1.54, 1.807) is 0 Å². The van der Waals surface area contributed by atoms with Gasteiger partial charge in [0.2, 0.25) is 7.37 Å². The Hall–Kier alpha value is 1.09. The number of hydrogen-bond donors (Lipinski definition) is 1. The molecule has 0 fully saturated rings. The van der Waals surface area contributed by atoms with Crippen LogP contribution in [-0.4, -0.2) is 41.9 Å². The predicted octanol–water partition coefficient (Wildman–Crippen LogP) is 4.96. The van der Waals surface area contributed by atoms with Crippen molar-refractivity contribution in [1.29, 1.82) is 0 Å². The second kappa shape index (κ2) is 21.3. The van der Waals surface area contributed by atoms with E-state index in [-0.39, 0.29) is 17.1 Å². The van der Waals surface area contributed by atoms with Crippen LogP contribution in [0, 0.1) is 0 Å². The van der Waals surface area contributed by atoms with Crippen LogP contribution in [0.2, 0.25) is 0 Å². The average molecular weight is 504 g/mol. The Morgan fingerprint density at radius 2 is 0.714 bits per heavy atom. The molecule has 0 bridgehead atoms. The van der Waals surface area contributed by atoms with E-state index in [1.807, 2.05) is 41.5 Å². The minimum absolute atomic E-state index is 0. The Bertz CT molecular complexity index is 378. The van der Waals surface area contributed by atoms with Gasteiger partial charge in [0.1, 0.15) is 0 Å². The molecule has 0 saturated carbocycles. The summed E-state index contributed by atoms with van der Waals surface area (Å²) in [5.74, 6) is 0. The summed E-state index contributed by atoms with van der Waals surface area (Å²) in [4.78, 5) is 30.8. The molecule has 0 heterocycles. The van der Waals surface area contributed by atoms with Crippen LogP contribution in [0.5, 0.6) is 0 Å². The minimum Gasteiger partial charge on any atom is -0.799 e. The van der Waals surface area contributed by atoms with Gasteiger partial charge < -0.3 is 23.8 Å². The van der Waals surface area contributed by atoms with Gasteiger partial charge in [0.15, 0.2) is 0 Å². The van der Waals surface area contributed by atoms with Crippen molar-refractivity contribution >= 4 is 22.1 Å². The fourth-order valence-corrected chi connectivity index (χ4v) is 7.19. The van der Waals surface area contributed by atoms with Crippen LogP contribution in [-0.2, 0) is 30.8 Å². The first kappa shape index (κ1) is 36.5. The molecule has 0 aliphatic carbocycles. The largest absolute Gasteiger partial charge is 2.00 e. The van der Waals surface area contributed by atoms with E-state index >= 15 is 0 Å². The first-order chi connectivity index (χ1) is 12.4. The van der Waals surface area contributed by atoms with E-state index in [9.17, 15) is 23.5 Å². The molecule has 6 nitrogen and oxygen atoms in total. The zero-order valence-electron chi connectivity index (χ0n) is 18.7. The van der Waals surface area contributed by atoms with Crippen LogP contribution in [0.15, 0.2) is 0 Å². The smallest absolute Gasteiger partial charge is 0.799 e. The maximum atomic E-state index is 11.0. The summed E-state index contributed by atoms with van der Waals surface area (Å²) in [6.07, 6.45) is 7.11. The maximum Gasteiger partial charge on any atom is 2.00 e. The monoisotopic (exact) mass is 504 g/mol. The molecule has 0 radical (unpaired) electrons. The van der Waals surface area contributed by atoms with Crippen molar-refractivity contribution in [2.75, 3.05) is 37.0 Å². The van der Waals surface area contributed by atoms with E-state index < -0.39 is 22.1 Å². The minimum atomic E-state index is -2.94. The third kappa shape index (κ3) is 29.3. The Morgan fingerprint density at radius 1 is 0.536 bits per heavy atom. The van der Waals surface area contributed by atoms with Crippen LogP contribution in [0.3, 0.4) is 0 Å². The fraction of sp³-hybridized carbons (Fsp3) is 1.00. The predicted molar refractivity (Wildman–Crippen MR) is 116 cm³/mol. The Balaban J connectivity index is -0.000000152. The van der Waals surface area contributed by atoms with Crippen molar-refractivity contribution in [3.8, 4) is 0 Å². The molecule has 0 rings (SSSR count). The Morgan fingerprint density at radius 3 is 0.857 bits per heavy atom. The summed E-state index contributed by atoms with van der Waals surface area (Å²) < 4.78 is 32.7. The van der Waals surface area contributed by atoms with Gasteiger partial charge in [-0.3, -0.25) is 4.57 Å². The zero-order valence-corrected chi connectivity index (χ0v) is 22.5. The van der Waals surface area contributed by atoms with E-state index in [2.05, 4.69) is 0 Å². The number of hydrogen-bond acceptors (Lipinski definition) is 5. The zero-order chi connectivity index (χ0) is 22.0. The van der Waals surface area contributed by atoms with Crippen molar-refractivity contribution in [1.82, 2.24) is 0 Å². The van der Waals surface area contributed by atoms with E-state index in [1.165, 1.54) is 0 Å². The Kier molecular flexibility index (Phi) is 27.8. The first-order valence-corrected chi connectivity index (χ1v) is 16.3. The number of rotatable bonds is 12. The van der Waals surface area contributed by atoms with E-state index in [0.717, 1.165) is 38.5 Å². The molecule has 0 amide bonds. The SMILES string of the molecule is CCCP(=O)(O)CCC.CCCP(=O)([O-])CCC.CCCP(=O)([O-])CCC.[Fe+2]. The molecule has 0 saturated heterocycles. The van der Waals surface area contributed by atoms with Gasteiger partial charge in [0.25, 0.3) is 0 Å². The summed E-state index contributed by atoms with van der Waals surface area (Å²) in [5, 5.41) is 0. The fourth-order valence-electron chi connectivity index (χ4n) is 2.40. The van der Waals surface area contributed by atoms with Gasteiger partial charge in [0.05, 0.1) is 0 Å². The van der Waals surface area contributed by atoms with Crippen LogP contribution >= 0.6 is 22.1 Å². The van der Waals surface area contributed by atoms with Gasteiger partial charge in [-0.15, -0.1) is 0 Å². The molecule has 10 heteroatoms. The molecule has 0 spiro atoms. The summed E-state index contributed by atoms with van der Waals surface area (Å²) >= 11 is 0. The molecule has 174 valence electrons. The van der Waals surface area contributed by atoms with Crippen LogP contribution in [0.1, 0.15) is 80.1 Å². The van der Waals surface area contributed by atoms with E-state index in [4.69, 9.17) is 4.89 Å². The van der Waals surface area contributed by atoms with Gasteiger partial charge in [0, 0.05) is 27.1 Å². The Labute approximate surface area is 184 Å². The van der Waals surface area contributed by atoms with Crippen molar-refractivity contribution in [3.63, 3.8) is 0 Å². The molecule has 0 aromatic rings. The van der Waals surface area contributed by atoms with Crippen LogP contribution in [0.25, 0.3) is 0 Å². The van der Waals surface area contributed by atoms with E-state index in [0.29, 0.717) is 37.0 Å². The topological polar surface area (TPSA) is 118 Å². The van der Waals surface area contributed by atoms with Gasteiger partial charge in [-0.05, 0) is 37.5 Å². The normalized spacial score (nSPS) is 11.5. The van der Waals surface area contributed by atoms with Gasteiger partial charge in [-0.1, -0.05) is 67.2 Å². The molecular formula is C18H43FeO6P3. The standard InChI is InChI=1S/3C6H15O2P.Fe/c3*1-3-5-9(7,8)6-4-2;/h3*3-6H2,1-2H3,(H,7,8);/q;;;+2/p-2. The average Bonchev–Trinajstić information content (AvgIpc) is 2.47. The third-order valence-electron chi connectivity index (χ3n) is 3.40. The molecule has 1 N–H and O–H groups in total. The molecule has 0 aromatic heterocycles. The van der Waals surface area contributed by atoms with Crippen molar-refractivity contribution in [3.05, 3.63) is 0 Å². The molecule has 0 atom stereocenters. The maximum absolute atomic E-state index is 11.0. The molecule has 0 aliphatic rings. The summed E-state index contributed by atoms with van der Waals surface area (Å²) in [5.41, 5.74) is 0. The van der Waals surface area contributed by atoms with Gasteiger partial charge in [-0.25, -0.2) is 0 Å².